The van der Waals surface area contributed by atoms with Gasteiger partial charge in [0.15, 0.2) is 0 Å². The molecule has 5 heteroatoms. The molecule has 2 heterocycles. The molecule has 204 valence electrons. The van der Waals surface area contributed by atoms with Crippen LogP contribution in [0.5, 0.6) is 5.75 Å². The van der Waals surface area contributed by atoms with E-state index in [0.29, 0.717) is 0 Å². The van der Waals surface area contributed by atoms with Crippen LogP contribution >= 0.6 is 0 Å². The Balaban J connectivity index is 0.00000323. The Labute approximate surface area is 251 Å². The molecule has 3 aromatic carbocycles. The van der Waals surface area contributed by atoms with Gasteiger partial charge in [-0.25, -0.2) is 4.98 Å². The number of aromatic nitrogens is 2. The van der Waals surface area contributed by atoms with E-state index in [1.165, 1.54) is 5.56 Å². The molecule has 0 fully saturated rings. The van der Waals surface area contributed by atoms with Crippen molar-refractivity contribution in [3.63, 3.8) is 0 Å². The molecule has 0 bridgehead atoms. The quantitative estimate of drug-likeness (QED) is 0.190. The molecule has 0 saturated heterocycles. The molecule has 1 N–H and O–H groups in total. The Kier molecular flexibility index (Phi) is 7.18. The van der Waals surface area contributed by atoms with Crippen LogP contribution in [-0.4, -0.2) is 15.1 Å². The van der Waals surface area contributed by atoms with Crippen LogP contribution in [0.4, 0.5) is 17.2 Å². The van der Waals surface area contributed by atoms with Crippen molar-refractivity contribution in [3.05, 3.63) is 120 Å². The fourth-order valence-electron chi connectivity index (χ4n) is 5.46. The predicted molar refractivity (Wildman–Crippen MR) is 159 cm³/mol. The second-order valence-corrected chi connectivity index (χ2v) is 11.7. The van der Waals surface area contributed by atoms with Crippen LogP contribution in [0, 0.1) is 6.07 Å². The van der Waals surface area contributed by atoms with Gasteiger partial charge in [-0.2, -0.15) is 0 Å². The molecule has 0 unspecified atom stereocenters. The Hall–Kier alpha value is -3.75. The maximum atomic E-state index is 10.8. The summed E-state index contributed by atoms with van der Waals surface area (Å²) in [5.74, 6) is 1.09. The summed E-state index contributed by atoms with van der Waals surface area (Å²) in [7, 11) is 0. The van der Waals surface area contributed by atoms with Gasteiger partial charge in [0, 0.05) is 43.9 Å². The zero-order chi connectivity index (χ0) is 27.4. The van der Waals surface area contributed by atoms with Crippen molar-refractivity contribution in [2.24, 2.45) is 0 Å². The van der Waals surface area contributed by atoms with E-state index in [1.807, 2.05) is 48.7 Å². The second kappa shape index (κ2) is 10.3. The number of benzene rings is 3. The summed E-state index contributed by atoms with van der Waals surface area (Å²) in [6, 6.07) is 34.2. The summed E-state index contributed by atoms with van der Waals surface area (Å²) in [6.45, 7) is 11.0. The molecular weight excluding hydrogens is 673 g/mol. The Bertz CT molecular complexity index is 1640. The molecule has 0 aliphatic heterocycles. The topological polar surface area (TPSA) is 49.3 Å². The summed E-state index contributed by atoms with van der Waals surface area (Å²) in [5, 5.41) is 10.8. The molecule has 0 atom stereocenters. The third kappa shape index (κ3) is 4.75. The van der Waals surface area contributed by atoms with E-state index < -0.39 is 0 Å². The van der Waals surface area contributed by atoms with Crippen molar-refractivity contribution in [1.82, 2.24) is 9.97 Å². The number of hydrogen-bond acceptors (Lipinski definition) is 4. The van der Waals surface area contributed by atoms with Crippen LogP contribution in [0.25, 0.3) is 22.5 Å². The largest absolute Gasteiger partial charge is 0.507 e. The van der Waals surface area contributed by atoms with Crippen molar-refractivity contribution in [1.29, 1.82) is 0 Å². The maximum Gasteiger partial charge on any atom is 0.136 e. The molecule has 1 aliphatic rings. The van der Waals surface area contributed by atoms with Crippen molar-refractivity contribution in [2.45, 2.75) is 45.4 Å². The Morgan fingerprint density at radius 1 is 0.825 bits per heavy atom. The third-order valence-corrected chi connectivity index (χ3v) is 7.65. The molecule has 6 rings (SSSR count). The van der Waals surface area contributed by atoms with Crippen LogP contribution < -0.4 is 4.90 Å². The van der Waals surface area contributed by atoms with Crippen molar-refractivity contribution < 1.29 is 26.2 Å². The summed E-state index contributed by atoms with van der Waals surface area (Å²) >= 11 is 0. The van der Waals surface area contributed by atoms with Gasteiger partial charge in [0.1, 0.15) is 11.6 Å². The molecule has 5 aromatic rings. The molecule has 0 radical (unpaired) electrons. The molecule has 1 aliphatic carbocycles. The number of phenols is 1. The van der Waals surface area contributed by atoms with Gasteiger partial charge in [0.2, 0.25) is 0 Å². The SMILES string of the molecule is CC(C)(C)c1cc(-c2ccc3c(n2)-c2c(O)cccc2C3(C)C)[c-]c(N(c2ccccc2)c2ccccn2)c1.[Pt]. The zero-order valence-electron chi connectivity index (χ0n) is 23.3. The van der Waals surface area contributed by atoms with Crippen molar-refractivity contribution in [3.8, 4) is 28.3 Å². The van der Waals surface area contributed by atoms with E-state index >= 15 is 0 Å². The van der Waals surface area contributed by atoms with Gasteiger partial charge in [-0.3, -0.25) is 4.98 Å². The standard InChI is InChI=1S/C35H32N3O.Pt/c1-34(2,3)24-20-23(21-26(22-24)38(25-12-7-6-8-13-25)31-16-9-10-19-36-31)29-18-17-28-33(37-29)32-27(35(28,4)5)14-11-15-30(32)39;/h6-20,22,39H,1-5H3;/q-1;. The summed E-state index contributed by atoms with van der Waals surface area (Å²) < 4.78 is 0. The maximum absolute atomic E-state index is 10.8. The number of fused-ring (bicyclic) bond motifs is 3. The van der Waals surface area contributed by atoms with Gasteiger partial charge in [0.05, 0.1) is 5.69 Å². The van der Waals surface area contributed by atoms with E-state index in [9.17, 15) is 5.11 Å². The minimum Gasteiger partial charge on any atom is -0.507 e. The minimum atomic E-state index is -0.236. The number of aromatic hydroxyl groups is 1. The van der Waals surface area contributed by atoms with Crippen molar-refractivity contribution >= 4 is 17.2 Å². The van der Waals surface area contributed by atoms with Crippen LogP contribution in [0.1, 0.15) is 51.3 Å². The molecule has 4 nitrogen and oxygen atoms in total. The fourth-order valence-corrected chi connectivity index (χ4v) is 5.46. The number of phenolic OH excluding ortho intramolecular Hbond substituents is 1. The number of rotatable bonds is 4. The van der Waals surface area contributed by atoms with Gasteiger partial charge < -0.3 is 10.0 Å². The normalized spacial score (nSPS) is 13.2. The summed E-state index contributed by atoms with van der Waals surface area (Å²) in [4.78, 5) is 12.0. The minimum absolute atomic E-state index is 0. The first-order valence-electron chi connectivity index (χ1n) is 13.3. The second-order valence-electron chi connectivity index (χ2n) is 11.7. The number of pyridine rings is 2. The van der Waals surface area contributed by atoms with Gasteiger partial charge in [-0.15, -0.1) is 29.3 Å². The number of nitrogens with zero attached hydrogens (tertiary/aromatic N) is 3. The van der Waals surface area contributed by atoms with E-state index in [4.69, 9.17) is 4.98 Å². The van der Waals surface area contributed by atoms with Gasteiger partial charge in [-0.05, 0) is 58.3 Å². The van der Waals surface area contributed by atoms with Gasteiger partial charge in [-0.1, -0.05) is 83.1 Å². The monoisotopic (exact) mass is 705 g/mol. The zero-order valence-corrected chi connectivity index (χ0v) is 25.6. The molecule has 0 saturated carbocycles. The summed E-state index contributed by atoms with van der Waals surface area (Å²) in [5.41, 5.74) is 8.34. The van der Waals surface area contributed by atoms with E-state index in [2.05, 4.69) is 93.0 Å². The third-order valence-electron chi connectivity index (χ3n) is 7.65. The van der Waals surface area contributed by atoms with Gasteiger partial charge >= 0.3 is 0 Å². The molecule has 40 heavy (non-hydrogen) atoms. The van der Waals surface area contributed by atoms with E-state index in [0.717, 1.165) is 50.8 Å². The smallest absolute Gasteiger partial charge is 0.136 e. The molecule has 2 aromatic heterocycles. The van der Waals surface area contributed by atoms with Crippen LogP contribution in [-0.2, 0) is 31.9 Å². The number of anilines is 3. The average Bonchev–Trinajstić information content (AvgIpc) is 3.16. The molecular formula is C35H32N3OPt-. The summed E-state index contributed by atoms with van der Waals surface area (Å²) in [6.07, 6.45) is 1.81. The predicted octanol–water partition coefficient (Wildman–Crippen LogP) is 8.72. The van der Waals surface area contributed by atoms with E-state index in [-0.39, 0.29) is 37.6 Å². The molecule has 0 spiro atoms. The first-order chi connectivity index (χ1) is 18.6. The van der Waals surface area contributed by atoms with Gasteiger partial charge in [0.25, 0.3) is 0 Å². The van der Waals surface area contributed by atoms with Crippen LogP contribution in [0.2, 0.25) is 0 Å². The average molecular weight is 706 g/mol. The Morgan fingerprint density at radius 3 is 2.27 bits per heavy atom. The van der Waals surface area contributed by atoms with E-state index in [1.54, 1.807) is 6.07 Å². The first kappa shape index (κ1) is 27.8. The van der Waals surface area contributed by atoms with Crippen LogP contribution in [0.15, 0.2) is 97.2 Å². The van der Waals surface area contributed by atoms with Crippen LogP contribution in [0.3, 0.4) is 0 Å². The fraction of sp³-hybridized carbons (Fsp3) is 0.200. The number of para-hydroxylation sites is 1. The molecule has 0 amide bonds. The Morgan fingerprint density at radius 2 is 1.57 bits per heavy atom. The number of hydrogen-bond donors (Lipinski definition) is 1. The van der Waals surface area contributed by atoms with Crippen molar-refractivity contribution in [2.75, 3.05) is 4.90 Å². The first-order valence-corrected chi connectivity index (χ1v) is 13.3.